The van der Waals surface area contributed by atoms with Crippen LogP contribution in [0.15, 0.2) is 48.5 Å². The van der Waals surface area contributed by atoms with E-state index >= 15 is 0 Å². The number of amides is 2. The fourth-order valence-corrected chi connectivity index (χ4v) is 3.88. The molecular formula is C24H28N2O6. The summed E-state index contributed by atoms with van der Waals surface area (Å²) in [6, 6.07) is 14.6. The summed E-state index contributed by atoms with van der Waals surface area (Å²) in [4.78, 5) is 36.0. The second-order valence-electron chi connectivity index (χ2n) is 7.63. The van der Waals surface area contributed by atoms with Crippen LogP contribution in [0.25, 0.3) is 11.1 Å². The van der Waals surface area contributed by atoms with E-state index in [1.165, 1.54) is 0 Å². The number of hydrogen-bond acceptors (Lipinski definition) is 5. The number of carbonyl (C=O) groups is 3. The summed E-state index contributed by atoms with van der Waals surface area (Å²) in [6.45, 7) is 4.39. The van der Waals surface area contributed by atoms with E-state index in [9.17, 15) is 14.4 Å². The van der Waals surface area contributed by atoms with Crippen LogP contribution in [0.2, 0.25) is 0 Å². The van der Waals surface area contributed by atoms with Crippen molar-refractivity contribution in [3.05, 3.63) is 59.7 Å². The minimum Gasteiger partial charge on any atom is -0.481 e. The number of rotatable bonds is 10. The van der Waals surface area contributed by atoms with Crippen molar-refractivity contribution in [1.82, 2.24) is 10.6 Å². The van der Waals surface area contributed by atoms with Crippen LogP contribution >= 0.6 is 0 Å². The summed E-state index contributed by atoms with van der Waals surface area (Å²) >= 11 is 0. The van der Waals surface area contributed by atoms with Crippen molar-refractivity contribution in [2.45, 2.75) is 38.3 Å². The molecule has 0 saturated carbocycles. The van der Waals surface area contributed by atoms with E-state index in [0.717, 1.165) is 22.3 Å². The minimum absolute atomic E-state index is 0.0721. The van der Waals surface area contributed by atoms with Gasteiger partial charge in [0.2, 0.25) is 5.91 Å². The van der Waals surface area contributed by atoms with Gasteiger partial charge in [0.1, 0.15) is 12.6 Å². The zero-order chi connectivity index (χ0) is 23.1. The van der Waals surface area contributed by atoms with E-state index in [1.807, 2.05) is 55.5 Å². The number of aliphatic carboxylic acids is 1. The molecule has 2 atom stereocenters. The Bertz CT molecular complexity index is 931. The summed E-state index contributed by atoms with van der Waals surface area (Å²) < 4.78 is 10.8. The maximum atomic E-state index is 12.4. The van der Waals surface area contributed by atoms with Crippen molar-refractivity contribution >= 4 is 18.0 Å². The quantitative estimate of drug-likeness (QED) is 0.524. The van der Waals surface area contributed by atoms with Crippen LogP contribution in [-0.2, 0) is 19.1 Å². The Hall–Kier alpha value is -3.39. The summed E-state index contributed by atoms with van der Waals surface area (Å²) in [6.07, 6.45) is -1.63. The first-order chi connectivity index (χ1) is 15.4. The summed E-state index contributed by atoms with van der Waals surface area (Å²) in [5.74, 6) is -1.94. The number of alkyl carbamates (subject to hydrolysis) is 1. The second kappa shape index (κ2) is 10.8. The van der Waals surface area contributed by atoms with Gasteiger partial charge in [-0.2, -0.15) is 0 Å². The molecule has 1 aliphatic carbocycles. The van der Waals surface area contributed by atoms with Crippen molar-refractivity contribution in [3.8, 4) is 11.1 Å². The molecule has 0 heterocycles. The van der Waals surface area contributed by atoms with Gasteiger partial charge in [0.05, 0.1) is 12.5 Å². The zero-order valence-electron chi connectivity index (χ0n) is 18.2. The summed E-state index contributed by atoms with van der Waals surface area (Å²) in [5.41, 5.74) is 4.32. The molecular weight excluding hydrogens is 412 g/mol. The van der Waals surface area contributed by atoms with Crippen LogP contribution in [0, 0.1) is 0 Å². The molecule has 2 unspecified atom stereocenters. The third-order valence-corrected chi connectivity index (χ3v) is 5.35. The predicted octanol–water partition coefficient (Wildman–Crippen LogP) is 2.91. The maximum absolute atomic E-state index is 12.4. The summed E-state index contributed by atoms with van der Waals surface area (Å²) in [5, 5.41) is 14.1. The standard InChI is InChI=1S/C24H28N2O6/c1-3-31-15(2)13-25-23(29)21(12-22(27)28)26-24(30)32-14-20-18-10-6-4-8-16(18)17-9-5-7-11-19(17)20/h4-11,15,20-21H,3,12-14H2,1-2H3,(H,25,29)(H,26,30)(H,27,28). The van der Waals surface area contributed by atoms with E-state index in [-0.39, 0.29) is 25.2 Å². The molecule has 0 fully saturated rings. The van der Waals surface area contributed by atoms with Crippen molar-refractivity contribution in [2.75, 3.05) is 19.8 Å². The third-order valence-electron chi connectivity index (χ3n) is 5.35. The number of benzene rings is 2. The van der Waals surface area contributed by atoms with E-state index in [2.05, 4.69) is 10.6 Å². The Labute approximate surface area is 186 Å². The largest absolute Gasteiger partial charge is 0.481 e. The van der Waals surface area contributed by atoms with E-state index in [4.69, 9.17) is 14.6 Å². The van der Waals surface area contributed by atoms with Crippen LogP contribution in [-0.4, -0.2) is 55.0 Å². The fraction of sp³-hybridized carbons (Fsp3) is 0.375. The summed E-state index contributed by atoms with van der Waals surface area (Å²) in [7, 11) is 0. The molecule has 3 rings (SSSR count). The Morgan fingerprint density at radius 1 is 1.03 bits per heavy atom. The molecule has 170 valence electrons. The average molecular weight is 440 g/mol. The Morgan fingerprint density at radius 2 is 1.62 bits per heavy atom. The van der Waals surface area contributed by atoms with Crippen LogP contribution in [0.3, 0.4) is 0 Å². The molecule has 0 aliphatic heterocycles. The minimum atomic E-state index is -1.25. The molecule has 2 aromatic rings. The average Bonchev–Trinajstić information content (AvgIpc) is 3.09. The number of carbonyl (C=O) groups excluding carboxylic acids is 2. The van der Waals surface area contributed by atoms with Crippen LogP contribution in [0.1, 0.15) is 37.3 Å². The van der Waals surface area contributed by atoms with Gasteiger partial charge in [-0.3, -0.25) is 9.59 Å². The number of carboxylic acid groups (broad SMARTS) is 1. The molecule has 8 heteroatoms. The number of hydrogen-bond donors (Lipinski definition) is 3. The lowest BCUT2D eigenvalue weighted by molar-refractivity contribution is -0.139. The first-order valence-corrected chi connectivity index (χ1v) is 10.6. The molecule has 8 nitrogen and oxygen atoms in total. The van der Waals surface area contributed by atoms with Gasteiger partial charge in [-0.05, 0) is 36.1 Å². The molecule has 3 N–H and O–H groups in total. The van der Waals surface area contributed by atoms with Crippen molar-refractivity contribution in [1.29, 1.82) is 0 Å². The normalized spacial score (nSPS) is 14.1. The molecule has 0 saturated heterocycles. The van der Waals surface area contributed by atoms with E-state index in [1.54, 1.807) is 6.92 Å². The van der Waals surface area contributed by atoms with Crippen molar-refractivity contribution in [2.24, 2.45) is 0 Å². The van der Waals surface area contributed by atoms with Gasteiger partial charge in [-0.15, -0.1) is 0 Å². The van der Waals surface area contributed by atoms with Gasteiger partial charge in [0.15, 0.2) is 0 Å². The highest BCUT2D eigenvalue weighted by atomic mass is 16.5. The van der Waals surface area contributed by atoms with Crippen LogP contribution in [0.5, 0.6) is 0 Å². The smallest absolute Gasteiger partial charge is 0.407 e. The molecule has 1 aliphatic rings. The Balaban J connectivity index is 1.62. The lowest BCUT2D eigenvalue weighted by Gasteiger charge is -2.20. The Morgan fingerprint density at radius 3 is 2.19 bits per heavy atom. The number of carboxylic acids is 1. The topological polar surface area (TPSA) is 114 Å². The van der Waals surface area contributed by atoms with Crippen LogP contribution in [0.4, 0.5) is 4.79 Å². The SMILES string of the molecule is CCOC(C)CNC(=O)C(CC(=O)O)NC(=O)OCC1c2ccccc2-c2ccccc21. The highest BCUT2D eigenvalue weighted by Crippen LogP contribution is 2.44. The fourth-order valence-electron chi connectivity index (χ4n) is 3.88. The lowest BCUT2D eigenvalue weighted by atomic mass is 9.98. The molecule has 32 heavy (non-hydrogen) atoms. The highest BCUT2D eigenvalue weighted by molar-refractivity contribution is 5.89. The molecule has 0 radical (unpaired) electrons. The first kappa shape index (κ1) is 23.3. The van der Waals surface area contributed by atoms with Gasteiger partial charge in [0.25, 0.3) is 0 Å². The number of nitrogens with one attached hydrogen (secondary N) is 2. The molecule has 2 amide bonds. The van der Waals surface area contributed by atoms with Crippen LogP contribution < -0.4 is 10.6 Å². The monoisotopic (exact) mass is 440 g/mol. The van der Waals surface area contributed by atoms with Gasteiger partial charge >= 0.3 is 12.1 Å². The Kier molecular flexibility index (Phi) is 7.83. The van der Waals surface area contributed by atoms with Crippen molar-refractivity contribution in [3.63, 3.8) is 0 Å². The molecule has 0 bridgehead atoms. The van der Waals surface area contributed by atoms with Gasteiger partial charge in [-0.25, -0.2) is 4.79 Å². The van der Waals surface area contributed by atoms with E-state index < -0.39 is 30.4 Å². The van der Waals surface area contributed by atoms with Gasteiger partial charge in [0, 0.05) is 19.1 Å². The van der Waals surface area contributed by atoms with Gasteiger partial charge in [-0.1, -0.05) is 48.5 Å². The third kappa shape index (κ3) is 5.64. The molecule has 2 aromatic carbocycles. The molecule has 0 aromatic heterocycles. The predicted molar refractivity (Wildman–Crippen MR) is 118 cm³/mol. The first-order valence-electron chi connectivity index (χ1n) is 10.6. The highest BCUT2D eigenvalue weighted by Gasteiger charge is 2.30. The van der Waals surface area contributed by atoms with E-state index in [0.29, 0.717) is 6.61 Å². The zero-order valence-corrected chi connectivity index (χ0v) is 18.2. The maximum Gasteiger partial charge on any atom is 0.407 e. The van der Waals surface area contributed by atoms with Gasteiger partial charge < -0.3 is 25.2 Å². The lowest BCUT2D eigenvalue weighted by Crippen LogP contribution is -2.49. The second-order valence-corrected chi connectivity index (χ2v) is 7.63. The van der Waals surface area contributed by atoms with Crippen molar-refractivity contribution < 1.29 is 29.0 Å². The number of ether oxygens (including phenoxy) is 2. The number of fused-ring (bicyclic) bond motifs is 3. The molecule has 0 spiro atoms.